The molecule has 0 bridgehead atoms. The Balaban J connectivity index is 1.47. The summed E-state index contributed by atoms with van der Waals surface area (Å²) in [7, 11) is 0. The van der Waals surface area contributed by atoms with Crippen LogP contribution in [-0.4, -0.2) is 30.5 Å². The number of rotatable bonds is 7. The highest BCUT2D eigenvalue weighted by Gasteiger charge is 2.13. The van der Waals surface area contributed by atoms with Crippen molar-refractivity contribution < 1.29 is 13.9 Å². The normalized spacial score (nSPS) is 15.1. The summed E-state index contributed by atoms with van der Waals surface area (Å²) in [5, 5.41) is 2.76. The summed E-state index contributed by atoms with van der Waals surface area (Å²) in [4.78, 5) is 26.4. The van der Waals surface area contributed by atoms with Crippen LogP contribution in [0.5, 0.6) is 5.75 Å². The fourth-order valence-electron chi connectivity index (χ4n) is 3.13. The summed E-state index contributed by atoms with van der Waals surface area (Å²) in [6.07, 6.45) is 6.20. The Morgan fingerprint density at radius 2 is 1.85 bits per heavy atom. The third-order valence-electron chi connectivity index (χ3n) is 4.62. The highest BCUT2D eigenvalue weighted by Crippen LogP contribution is 2.14. The second kappa shape index (κ2) is 9.92. The van der Waals surface area contributed by atoms with Crippen LogP contribution in [0.2, 0.25) is 0 Å². The zero-order valence-corrected chi connectivity index (χ0v) is 15.5. The van der Waals surface area contributed by atoms with Crippen molar-refractivity contribution in [3.63, 3.8) is 0 Å². The number of hydrogen-bond donors (Lipinski definition) is 1. The number of hydrogen-bond acceptors (Lipinski definition) is 5. The molecular weight excluding hydrogens is 344 g/mol. The first kappa shape index (κ1) is 19.2. The molecule has 1 N–H and O–H groups in total. The molecule has 0 spiro atoms. The SMILES string of the molecule is O=C(COc1coc(CN2CCCCCC2)cc1=O)NCc1ccccc1. The van der Waals surface area contributed by atoms with E-state index in [2.05, 4.69) is 10.2 Å². The molecule has 1 aliphatic heterocycles. The van der Waals surface area contributed by atoms with Gasteiger partial charge in [-0.2, -0.15) is 0 Å². The van der Waals surface area contributed by atoms with Gasteiger partial charge in [-0.05, 0) is 31.5 Å². The maximum absolute atomic E-state index is 12.2. The van der Waals surface area contributed by atoms with Crippen molar-refractivity contribution in [2.75, 3.05) is 19.7 Å². The Morgan fingerprint density at radius 3 is 2.56 bits per heavy atom. The molecule has 1 aromatic carbocycles. The first-order valence-electron chi connectivity index (χ1n) is 9.48. The lowest BCUT2D eigenvalue weighted by Crippen LogP contribution is -2.29. The highest BCUT2D eigenvalue weighted by molar-refractivity contribution is 5.77. The minimum atomic E-state index is -0.285. The van der Waals surface area contributed by atoms with E-state index < -0.39 is 0 Å². The van der Waals surface area contributed by atoms with Gasteiger partial charge in [0.25, 0.3) is 5.91 Å². The predicted octanol–water partition coefficient (Wildman–Crippen LogP) is 2.71. The zero-order valence-electron chi connectivity index (χ0n) is 15.5. The number of benzene rings is 1. The summed E-state index contributed by atoms with van der Waals surface area (Å²) in [5.41, 5.74) is 0.741. The van der Waals surface area contributed by atoms with Gasteiger partial charge in [0, 0.05) is 12.6 Å². The smallest absolute Gasteiger partial charge is 0.258 e. The van der Waals surface area contributed by atoms with Crippen LogP contribution in [0.25, 0.3) is 0 Å². The minimum absolute atomic E-state index is 0.0597. The van der Waals surface area contributed by atoms with Crippen molar-refractivity contribution in [1.29, 1.82) is 0 Å². The Labute approximate surface area is 159 Å². The van der Waals surface area contributed by atoms with Gasteiger partial charge in [-0.1, -0.05) is 43.2 Å². The van der Waals surface area contributed by atoms with Gasteiger partial charge in [-0.25, -0.2) is 0 Å². The zero-order chi connectivity index (χ0) is 18.9. The number of carbonyl (C=O) groups is 1. The van der Waals surface area contributed by atoms with Crippen molar-refractivity contribution in [3.8, 4) is 5.75 Å². The minimum Gasteiger partial charge on any atom is -0.477 e. The number of carbonyl (C=O) groups excluding carboxylic acids is 1. The van der Waals surface area contributed by atoms with E-state index in [0.29, 0.717) is 18.8 Å². The fraction of sp³-hybridized carbons (Fsp3) is 0.429. The number of amides is 1. The van der Waals surface area contributed by atoms with Crippen LogP contribution in [0.1, 0.15) is 37.0 Å². The van der Waals surface area contributed by atoms with Crippen LogP contribution in [0.3, 0.4) is 0 Å². The third-order valence-corrected chi connectivity index (χ3v) is 4.62. The van der Waals surface area contributed by atoms with Crippen LogP contribution >= 0.6 is 0 Å². The molecule has 2 aromatic rings. The maximum Gasteiger partial charge on any atom is 0.258 e. The van der Waals surface area contributed by atoms with E-state index in [-0.39, 0.29) is 23.7 Å². The van der Waals surface area contributed by atoms with Crippen molar-refractivity contribution in [3.05, 3.63) is 64.2 Å². The largest absolute Gasteiger partial charge is 0.477 e. The lowest BCUT2D eigenvalue weighted by molar-refractivity contribution is -0.123. The average Bonchev–Trinajstić information content (AvgIpc) is 2.95. The standard InChI is InChI=1S/C21H26N2O4/c24-19-12-18(14-23-10-6-1-2-7-11-23)26-15-20(19)27-16-21(25)22-13-17-8-4-3-5-9-17/h3-5,8-9,12,15H,1-2,6-7,10-11,13-14,16H2,(H,22,25). The fourth-order valence-corrected chi connectivity index (χ4v) is 3.13. The molecule has 0 saturated carbocycles. The Hall–Kier alpha value is -2.60. The van der Waals surface area contributed by atoms with E-state index in [4.69, 9.17) is 9.15 Å². The van der Waals surface area contributed by atoms with Crippen molar-refractivity contribution in [2.24, 2.45) is 0 Å². The Kier molecular flexibility index (Phi) is 7.04. The van der Waals surface area contributed by atoms with Gasteiger partial charge in [0.15, 0.2) is 6.61 Å². The van der Waals surface area contributed by atoms with Gasteiger partial charge in [0.2, 0.25) is 11.2 Å². The van der Waals surface area contributed by atoms with Crippen molar-refractivity contribution >= 4 is 5.91 Å². The number of nitrogens with zero attached hydrogens (tertiary/aromatic N) is 1. The molecule has 144 valence electrons. The molecule has 3 rings (SSSR count). The number of nitrogens with one attached hydrogen (secondary N) is 1. The van der Waals surface area contributed by atoms with Crippen molar-refractivity contribution in [2.45, 2.75) is 38.8 Å². The molecular formula is C21H26N2O4. The van der Waals surface area contributed by atoms with E-state index in [1.807, 2.05) is 30.3 Å². The van der Waals surface area contributed by atoms with Gasteiger partial charge >= 0.3 is 0 Å². The van der Waals surface area contributed by atoms with E-state index in [0.717, 1.165) is 18.7 Å². The van der Waals surface area contributed by atoms with E-state index >= 15 is 0 Å². The molecule has 1 amide bonds. The molecule has 2 heterocycles. The second-order valence-corrected chi connectivity index (χ2v) is 6.82. The molecule has 1 aromatic heterocycles. The number of likely N-dealkylation sites (tertiary alicyclic amines) is 1. The summed E-state index contributed by atoms with van der Waals surface area (Å²) in [6, 6.07) is 11.1. The van der Waals surface area contributed by atoms with Crippen molar-refractivity contribution in [1.82, 2.24) is 10.2 Å². The number of ether oxygens (including phenoxy) is 1. The molecule has 0 aliphatic carbocycles. The van der Waals surface area contributed by atoms with Gasteiger partial charge in [0.1, 0.15) is 12.0 Å². The van der Waals surface area contributed by atoms with E-state index in [9.17, 15) is 9.59 Å². The summed E-state index contributed by atoms with van der Waals surface area (Å²) < 4.78 is 10.9. The summed E-state index contributed by atoms with van der Waals surface area (Å²) >= 11 is 0. The van der Waals surface area contributed by atoms with Gasteiger partial charge < -0.3 is 14.5 Å². The highest BCUT2D eigenvalue weighted by atomic mass is 16.5. The van der Waals surface area contributed by atoms with Crippen LogP contribution in [-0.2, 0) is 17.9 Å². The summed E-state index contributed by atoms with van der Waals surface area (Å²) in [6.45, 7) is 2.90. The van der Waals surface area contributed by atoms with Crippen LogP contribution in [0.15, 0.2) is 51.9 Å². The predicted molar refractivity (Wildman–Crippen MR) is 103 cm³/mol. The first-order valence-corrected chi connectivity index (χ1v) is 9.48. The van der Waals surface area contributed by atoms with Crippen LogP contribution < -0.4 is 15.5 Å². The topological polar surface area (TPSA) is 71.8 Å². The second-order valence-electron chi connectivity index (χ2n) is 6.82. The molecule has 1 aliphatic rings. The average molecular weight is 370 g/mol. The quantitative estimate of drug-likeness (QED) is 0.811. The molecule has 6 heteroatoms. The molecule has 6 nitrogen and oxygen atoms in total. The van der Waals surface area contributed by atoms with Gasteiger partial charge in [0.05, 0.1) is 6.54 Å². The molecule has 1 saturated heterocycles. The van der Waals surface area contributed by atoms with Gasteiger partial charge in [-0.15, -0.1) is 0 Å². The first-order chi connectivity index (χ1) is 13.2. The molecule has 0 atom stereocenters. The maximum atomic E-state index is 12.2. The van der Waals surface area contributed by atoms with Crippen LogP contribution in [0, 0.1) is 0 Å². The molecule has 1 fully saturated rings. The lowest BCUT2D eigenvalue weighted by atomic mass is 10.2. The summed E-state index contributed by atoms with van der Waals surface area (Å²) in [5.74, 6) is 0.402. The molecule has 0 unspecified atom stereocenters. The Morgan fingerprint density at radius 1 is 1.11 bits per heavy atom. The Bertz CT molecular complexity index is 780. The van der Waals surface area contributed by atoms with E-state index in [1.165, 1.54) is 38.0 Å². The lowest BCUT2D eigenvalue weighted by Gasteiger charge is -2.18. The monoisotopic (exact) mass is 370 g/mol. The molecule has 0 radical (unpaired) electrons. The van der Waals surface area contributed by atoms with E-state index in [1.54, 1.807) is 0 Å². The molecule has 27 heavy (non-hydrogen) atoms. The third kappa shape index (κ3) is 6.25. The van der Waals surface area contributed by atoms with Gasteiger partial charge in [-0.3, -0.25) is 14.5 Å². The van der Waals surface area contributed by atoms with Crippen LogP contribution in [0.4, 0.5) is 0 Å².